The largest absolute Gasteiger partial charge is 0.383 e. The molecule has 2 aromatic heterocycles. The molecule has 0 fully saturated rings. The zero-order chi connectivity index (χ0) is 14.8. The average Bonchev–Trinajstić information content (AvgIpc) is 2.90. The third-order valence-corrected chi connectivity index (χ3v) is 4.11. The maximum Gasteiger partial charge on any atom is 0.254 e. The van der Waals surface area contributed by atoms with E-state index in [0.29, 0.717) is 17.1 Å². The number of carbonyl (C=O) groups is 1. The van der Waals surface area contributed by atoms with Crippen molar-refractivity contribution >= 4 is 17.2 Å². The first-order valence-corrected chi connectivity index (χ1v) is 7.13. The van der Waals surface area contributed by atoms with Gasteiger partial charge in [0.25, 0.3) is 5.91 Å². The number of amides is 1. The number of hydrogen-bond donors (Lipinski definition) is 2. The molecule has 0 radical (unpaired) electrons. The van der Waals surface area contributed by atoms with Crippen LogP contribution in [-0.4, -0.2) is 27.5 Å². The lowest BCUT2D eigenvalue weighted by atomic mass is 10.1. The van der Waals surface area contributed by atoms with Gasteiger partial charge in [0.05, 0.1) is 17.8 Å². The molecule has 0 bridgehead atoms. The SMILES string of the molecule is Cc1ncc(C(=O)NCC(C)(O)c2cccs2)c(C)n1. The molecule has 2 N–H and O–H groups in total. The Labute approximate surface area is 121 Å². The Bertz CT molecular complexity index is 609. The number of aromatic nitrogens is 2. The first-order chi connectivity index (χ1) is 9.40. The maximum absolute atomic E-state index is 12.1. The molecule has 5 nitrogen and oxygen atoms in total. The molecule has 0 spiro atoms. The van der Waals surface area contributed by atoms with E-state index in [-0.39, 0.29) is 12.5 Å². The van der Waals surface area contributed by atoms with Crippen molar-refractivity contribution < 1.29 is 9.90 Å². The minimum absolute atomic E-state index is 0.139. The van der Waals surface area contributed by atoms with Gasteiger partial charge in [-0.05, 0) is 32.2 Å². The third kappa shape index (κ3) is 3.20. The number of thiophene rings is 1. The Balaban J connectivity index is 2.05. The first kappa shape index (κ1) is 14.6. The van der Waals surface area contributed by atoms with Crippen LogP contribution in [0.25, 0.3) is 0 Å². The van der Waals surface area contributed by atoms with Gasteiger partial charge in [-0.2, -0.15) is 0 Å². The zero-order valence-corrected chi connectivity index (χ0v) is 12.5. The summed E-state index contributed by atoms with van der Waals surface area (Å²) in [7, 11) is 0. The molecule has 1 amide bonds. The highest BCUT2D eigenvalue weighted by Gasteiger charge is 2.25. The van der Waals surface area contributed by atoms with Crippen molar-refractivity contribution in [3.8, 4) is 0 Å². The Kier molecular flexibility index (Phi) is 4.15. The third-order valence-electron chi connectivity index (χ3n) is 2.99. The molecule has 106 valence electrons. The van der Waals surface area contributed by atoms with E-state index in [2.05, 4.69) is 15.3 Å². The van der Waals surface area contributed by atoms with Gasteiger partial charge >= 0.3 is 0 Å². The van der Waals surface area contributed by atoms with E-state index in [0.717, 1.165) is 4.88 Å². The van der Waals surface area contributed by atoms with Gasteiger partial charge in [-0.15, -0.1) is 11.3 Å². The zero-order valence-electron chi connectivity index (χ0n) is 11.7. The van der Waals surface area contributed by atoms with Crippen molar-refractivity contribution in [3.05, 3.63) is 45.7 Å². The van der Waals surface area contributed by atoms with Crippen LogP contribution < -0.4 is 5.32 Å². The number of aliphatic hydroxyl groups is 1. The molecule has 0 aliphatic rings. The lowest BCUT2D eigenvalue weighted by molar-refractivity contribution is 0.0556. The van der Waals surface area contributed by atoms with Gasteiger partial charge in [-0.3, -0.25) is 4.79 Å². The predicted octanol–water partition coefficient (Wildman–Crippen LogP) is 1.79. The van der Waals surface area contributed by atoms with Crippen LogP contribution in [0.3, 0.4) is 0 Å². The summed E-state index contributed by atoms with van der Waals surface area (Å²) in [6.45, 7) is 5.36. The predicted molar refractivity (Wildman–Crippen MR) is 77.7 cm³/mol. The van der Waals surface area contributed by atoms with Crippen LogP contribution in [0.5, 0.6) is 0 Å². The van der Waals surface area contributed by atoms with Crippen molar-refractivity contribution in [3.63, 3.8) is 0 Å². The number of carbonyl (C=O) groups excluding carboxylic acids is 1. The van der Waals surface area contributed by atoms with Crippen LogP contribution in [0.2, 0.25) is 0 Å². The van der Waals surface area contributed by atoms with E-state index in [1.54, 1.807) is 20.8 Å². The van der Waals surface area contributed by atoms with Gasteiger partial charge in [-0.25, -0.2) is 9.97 Å². The number of aryl methyl sites for hydroxylation is 2. The second-order valence-electron chi connectivity index (χ2n) is 4.85. The Morgan fingerprint density at radius 3 is 2.85 bits per heavy atom. The summed E-state index contributed by atoms with van der Waals surface area (Å²) in [4.78, 5) is 21.1. The van der Waals surface area contributed by atoms with Crippen molar-refractivity contribution in [2.45, 2.75) is 26.4 Å². The quantitative estimate of drug-likeness (QED) is 0.900. The lowest BCUT2D eigenvalue weighted by Crippen LogP contribution is -2.38. The summed E-state index contributed by atoms with van der Waals surface area (Å²) in [5.74, 6) is 0.351. The van der Waals surface area contributed by atoms with E-state index in [1.165, 1.54) is 17.5 Å². The molecule has 1 unspecified atom stereocenters. The highest BCUT2D eigenvalue weighted by Crippen LogP contribution is 2.24. The standard InChI is InChI=1S/C14H17N3O2S/c1-9-11(7-15-10(2)17-9)13(18)16-8-14(3,19)12-5-4-6-20-12/h4-7,19H,8H2,1-3H3,(H,16,18). The second kappa shape index (κ2) is 5.68. The first-order valence-electron chi connectivity index (χ1n) is 6.25. The fraction of sp³-hybridized carbons (Fsp3) is 0.357. The number of nitrogens with one attached hydrogen (secondary N) is 1. The van der Waals surface area contributed by atoms with Crippen LogP contribution >= 0.6 is 11.3 Å². The van der Waals surface area contributed by atoms with E-state index in [9.17, 15) is 9.90 Å². The van der Waals surface area contributed by atoms with Crippen LogP contribution in [0, 0.1) is 13.8 Å². The van der Waals surface area contributed by atoms with E-state index >= 15 is 0 Å². The van der Waals surface area contributed by atoms with Crippen LogP contribution in [0.1, 0.15) is 33.7 Å². The molecule has 2 heterocycles. The van der Waals surface area contributed by atoms with Crippen molar-refractivity contribution in [1.82, 2.24) is 15.3 Å². The summed E-state index contributed by atoms with van der Waals surface area (Å²) in [6.07, 6.45) is 1.51. The summed E-state index contributed by atoms with van der Waals surface area (Å²) in [5, 5.41) is 15.0. The average molecular weight is 291 g/mol. The normalized spacial score (nSPS) is 13.8. The monoisotopic (exact) mass is 291 g/mol. The molecule has 0 saturated heterocycles. The molecule has 0 aliphatic heterocycles. The molecule has 0 aliphatic carbocycles. The van der Waals surface area contributed by atoms with Crippen LogP contribution in [0.15, 0.2) is 23.7 Å². The fourth-order valence-electron chi connectivity index (χ4n) is 1.83. The highest BCUT2D eigenvalue weighted by atomic mass is 32.1. The van der Waals surface area contributed by atoms with Gasteiger partial charge in [0.15, 0.2) is 0 Å². The van der Waals surface area contributed by atoms with E-state index < -0.39 is 5.60 Å². The minimum atomic E-state index is -1.08. The molecule has 2 aromatic rings. The van der Waals surface area contributed by atoms with Gasteiger partial charge in [-0.1, -0.05) is 6.07 Å². The maximum atomic E-state index is 12.1. The lowest BCUT2D eigenvalue weighted by Gasteiger charge is -2.22. The summed E-state index contributed by atoms with van der Waals surface area (Å²) < 4.78 is 0. The number of rotatable bonds is 4. The molecule has 0 saturated carbocycles. The van der Waals surface area contributed by atoms with Gasteiger partial charge in [0.2, 0.25) is 0 Å². The molecule has 0 aromatic carbocycles. The van der Waals surface area contributed by atoms with Gasteiger partial charge in [0.1, 0.15) is 11.4 Å². The minimum Gasteiger partial charge on any atom is -0.383 e. The molecule has 6 heteroatoms. The highest BCUT2D eigenvalue weighted by molar-refractivity contribution is 7.10. The summed E-state index contributed by atoms with van der Waals surface area (Å²) >= 11 is 1.46. The van der Waals surface area contributed by atoms with Gasteiger partial charge in [0, 0.05) is 11.1 Å². The smallest absolute Gasteiger partial charge is 0.254 e. The molecule has 20 heavy (non-hydrogen) atoms. The number of nitrogens with zero attached hydrogens (tertiary/aromatic N) is 2. The Morgan fingerprint density at radius 2 is 2.25 bits per heavy atom. The Hall–Kier alpha value is -1.79. The van der Waals surface area contributed by atoms with Crippen LogP contribution in [-0.2, 0) is 5.60 Å². The fourth-order valence-corrected chi connectivity index (χ4v) is 2.61. The summed E-state index contributed by atoms with van der Waals surface area (Å²) in [6, 6.07) is 3.71. The second-order valence-corrected chi connectivity index (χ2v) is 5.80. The number of hydrogen-bond acceptors (Lipinski definition) is 5. The Morgan fingerprint density at radius 1 is 1.50 bits per heavy atom. The van der Waals surface area contributed by atoms with Crippen molar-refractivity contribution in [2.75, 3.05) is 6.54 Å². The topological polar surface area (TPSA) is 75.1 Å². The van der Waals surface area contributed by atoms with E-state index in [1.807, 2.05) is 17.5 Å². The molecular weight excluding hydrogens is 274 g/mol. The van der Waals surface area contributed by atoms with Crippen LogP contribution in [0.4, 0.5) is 0 Å². The molecule has 2 rings (SSSR count). The summed E-state index contributed by atoms with van der Waals surface area (Å²) in [5.41, 5.74) is -0.0214. The van der Waals surface area contributed by atoms with Crippen molar-refractivity contribution in [2.24, 2.45) is 0 Å². The van der Waals surface area contributed by atoms with E-state index in [4.69, 9.17) is 0 Å². The van der Waals surface area contributed by atoms with Gasteiger partial charge < -0.3 is 10.4 Å². The molecule has 1 atom stereocenters. The van der Waals surface area contributed by atoms with Crippen molar-refractivity contribution in [1.29, 1.82) is 0 Å². The molecular formula is C14H17N3O2S.